The van der Waals surface area contributed by atoms with E-state index in [1.165, 1.54) is 14.2 Å². The number of carbonyl (C=O) groups excluding carboxylic acids is 2. The van der Waals surface area contributed by atoms with Gasteiger partial charge in [-0.1, -0.05) is 6.07 Å². The number of methoxy groups -OCH3 is 3. The van der Waals surface area contributed by atoms with Gasteiger partial charge in [0, 0.05) is 11.3 Å². The molecule has 0 aliphatic heterocycles. The molecule has 0 unspecified atom stereocenters. The summed E-state index contributed by atoms with van der Waals surface area (Å²) in [7, 11) is 4.01. The van der Waals surface area contributed by atoms with Crippen LogP contribution in [0.3, 0.4) is 0 Å². The number of esters is 2. The van der Waals surface area contributed by atoms with Crippen LogP contribution in [-0.2, 0) is 19.1 Å². The lowest BCUT2D eigenvalue weighted by Gasteiger charge is -2.13. The maximum absolute atomic E-state index is 11.6. The molecule has 0 spiro atoms. The largest absolute Gasteiger partial charge is 0.496 e. The molecule has 0 bridgehead atoms. The van der Waals surface area contributed by atoms with Crippen molar-refractivity contribution in [1.29, 1.82) is 0 Å². The molecule has 0 heterocycles. The van der Waals surface area contributed by atoms with Gasteiger partial charge in [0.1, 0.15) is 11.4 Å². The summed E-state index contributed by atoms with van der Waals surface area (Å²) in [5.74, 6) is -0.659. The van der Waals surface area contributed by atoms with E-state index in [0.29, 0.717) is 11.4 Å². The van der Waals surface area contributed by atoms with Crippen molar-refractivity contribution in [2.45, 2.75) is 6.92 Å². The molecule has 6 heteroatoms. The van der Waals surface area contributed by atoms with Crippen LogP contribution in [-0.4, -0.2) is 33.3 Å². The van der Waals surface area contributed by atoms with E-state index in [1.807, 2.05) is 6.92 Å². The van der Waals surface area contributed by atoms with Crippen molar-refractivity contribution >= 4 is 17.6 Å². The highest BCUT2D eigenvalue weighted by atomic mass is 16.5. The van der Waals surface area contributed by atoms with Crippen LogP contribution in [0.2, 0.25) is 0 Å². The molecule has 1 rings (SSSR count). The third-order valence-electron chi connectivity index (χ3n) is 2.64. The van der Waals surface area contributed by atoms with Gasteiger partial charge in [0.25, 0.3) is 0 Å². The third kappa shape index (κ3) is 3.74. The predicted molar refractivity (Wildman–Crippen MR) is 73.5 cm³/mol. The first-order chi connectivity index (χ1) is 9.53. The normalized spacial score (nSPS) is 10.7. The fraction of sp³-hybridized carbons (Fsp3) is 0.286. The van der Waals surface area contributed by atoms with Gasteiger partial charge in [0.05, 0.1) is 27.4 Å². The van der Waals surface area contributed by atoms with Crippen LogP contribution in [0.1, 0.15) is 5.56 Å². The summed E-state index contributed by atoms with van der Waals surface area (Å²) in [6, 6.07) is 5.31. The number of benzene rings is 1. The van der Waals surface area contributed by atoms with Crippen molar-refractivity contribution in [2.75, 3.05) is 26.6 Å². The third-order valence-corrected chi connectivity index (χ3v) is 2.64. The molecule has 0 aliphatic rings. The van der Waals surface area contributed by atoms with E-state index in [4.69, 9.17) is 4.74 Å². The lowest BCUT2D eigenvalue weighted by Crippen LogP contribution is -2.16. The molecule has 0 fully saturated rings. The number of rotatable bonds is 5. The molecule has 0 aliphatic carbocycles. The summed E-state index contributed by atoms with van der Waals surface area (Å²) in [5, 5.41) is 2.84. The van der Waals surface area contributed by atoms with Gasteiger partial charge < -0.3 is 19.5 Å². The Labute approximate surface area is 117 Å². The SMILES string of the molecule is COC(=O)/C=C(\Nc1cccc(OC)c1C)C(=O)OC. The van der Waals surface area contributed by atoms with Crippen molar-refractivity contribution < 1.29 is 23.8 Å². The molecule has 0 amide bonds. The number of hydrogen-bond donors (Lipinski definition) is 1. The number of carbonyl (C=O) groups is 2. The highest BCUT2D eigenvalue weighted by molar-refractivity contribution is 5.98. The molecule has 0 aromatic heterocycles. The van der Waals surface area contributed by atoms with Gasteiger partial charge in [-0.15, -0.1) is 0 Å². The van der Waals surface area contributed by atoms with E-state index in [0.717, 1.165) is 11.6 Å². The van der Waals surface area contributed by atoms with E-state index in [9.17, 15) is 9.59 Å². The van der Waals surface area contributed by atoms with Crippen LogP contribution in [0, 0.1) is 6.92 Å². The van der Waals surface area contributed by atoms with Crippen molar-refractivity contribution in [1.82, 2.24) is 0 Å². The Bertz CT molecular complexity index is 536. The Morgan fingerprint density at radius 1 is 1.15 bits per heavy atom. The summed E-state index contributed by atoms with van der Waals surface area (Å²) >= 11 is 0. The summed E-state index contributed by atoms with van der Waals surface area (Å²) < 4.78 is 14.3. The van der Waals surface area contributed by atoms with Crippen LogP contribution < -0.4 is 10.1 Å². The first-order valence-corrected chi connectivity index (χ1v) is 5.82. The summed E-state index contributed by atoms with van der Waals surface area (Å²) in [5.41, 5.74) is 1.41. The van der Waals surface area contributed by atoms with Gasteiger partial charge >= 0.3 is 11.9 Å². The fourth-order valence-electron chi connectivity index (χ4n) is 1.55. The van der Waals surface area contributed by atoms with Crippen LogP contribution in [0.25, 0.3) is 0 Å². The zero-order valence-corrected chi connectivity index (χ0v) is 11.9. The second-order valence-electron chi connectivity index (χ2n) is 3.83. The Morgan fingerprint density at radius 3 is 2.40 bits per heavy atom. The molecule has 1 aromatic carbocycles. The zero-order chi connectivity index (χ0) is 15.1. The monoisotopic (exact) mass is 279 g/mol. The Morgan fingerprint density at radius 2 is 1.85 bits per heavy atom. The zero-order valence-electron chi connectivity index (χ0n) is 11.9. The minimum Gasteiger partial charge on any atom is -0.496 e. The summed E-state index contributed by atoms with van der Waals surface area (Å²) in [6.45, 7) is 1.83. The second-order valence-corrected chi connectivity index (χ2v) is 3.83. The van der Waals surface area contributed by atoms with E-state index in [2.05, 4.69) is 14.8 Å². The molecule has 20 heavy (non-hydrogen) atoms. The topological polar surface area (TPSA) is 73.9 Å². The summed E-state index contributed by atoms with van der Waals surface area (Å²) in [4.78, 5) is 22.9. The fourth-order valence-corrected chi connectivity index (χ4v) is 1.55. The molecule has 1 aromatic rings. The molecule has 1 N–H and O–H groups in total. The summed E-state index contributed by atoms with van der Waals surface area (Å²) in [6.07, 6.45) is 1.03. The smallest absolute Gasteiger partial charge is 0.354 e. The minimum atomic E-state index is -0.669. The Kier molecular flexibility index (Phi) is 5.58. The van der Waals surface area contributed by atoms with Crippen molar-refractivity contribution in [3.05, 3.63) is 35.5 Å². The molecule has 0 atom stereocenters. The van der Waals surface area contributed by atoms with Gasteiger partial charge in [-0.3, -0.25) is 0 Å². The molecular formula is C14H17NO5. The van der Waals surface area contributed by atoms with Crippen molar-refractivity contribution in [3.8, 4) is 5.75 Å². The van der Waals surface area contributed by atoms with E-state index in [-0.39, 0.29) is 5.70 Å². The molecular weight excluding hydrogens is 262 g/mol. The number of hydrogen-bond acceptors (Lipinski definition) is 6. The highest BCUT2D eigenvalue weighted by Crippen LogP contribution is 2.26. The maximum atomic E-state index is 11.6. The Balaban J connectivity index is 3.11. The van der Waals surface area contributed by atoms with Crippen LogP contribution in [0.4, 0.5) is 5.69 Å². The van der Waals surface area contributed by atoms with Crippen LogP contribution in [0.5, 0.6) is 5.75 Å². The molecule has 108 valence electrons. The number of ether oxygens (including phenoxy) is 3. The maximum Gasteiger partial charge on any atom is 0.354 e. The minimum absolute atomic E-state index is 0.0179. The average molecular weight is 279 g/mol. The van der Waals surface area contributed by atoms with Crippen LogP contribution in [0.15, 0.2) is 30.0 Å². The van der Waals surface area contributed by atoms with Crippen molar-refractivity contribution in [3.63, 3.8) is 0 Å². The quantitative estimate of drug-likeness (QED) is 0.652. The lowest BCUT2D eigenvalue weighted by atomic mass is 10.1. The highest BCUT2D eigenvalue weighted by Gasteiger charge is 2.14. The lowest BCUT2D eigenvalue weighted by molar-refractivity contribution is -0.138. The van der Waals surface area contributed by atoms with E-state index in [1.54, 1.807) is 25.3 Å². The van der Waals surface area contributed by atoms with Crippen molar-refractivity contribution in [2.24, 2.45) is 0 Å². The molecule has 0 saturated carbocycles. The van der Waals surface area contributed by atoms with E-state index < -0.39 is 11.9 Å². The number of nitrogens with one attached hydrogen (secondary N) is 1. The average Bonchev–Trinajstić information content (AvgIpc) is 2.47. The second kappa shape index (κ2) is 7.18. The standard InChI is InChI=1S/C14H17NO5/c1-9-10(6-5-7-12(9)18-2)15-11(14(17)20-4)8-13(16)19-3/h5-8,15H,1-4H3/b11-8-. The molecule has 0 saturated heterocycles. The van der Waals surface area contributed by atoms with Gasteiger partial charge in [0.15, 0.2) is 0 Å². The van der Waals surface area contributed by atoms with Gasteiger partial charge in [-0.05, 0) is 19.1 Å². The molecule has 0 radical (unpaired) electrons. The first-order valence-electron chi connectivity index (χ1n) is 5.82. The van der Waals surface area contributed by atoms with Gasteiger partial charge in [0.2, 0.25) is 0 Å². The van der Waals surface area contributed by atoms with Crippen LogP contribution >= 0.6 is 0 Å². The predicted octanol–water partition coefficient (Wildman–Crippen LogP) is 1.65. The van der Waals surface area contributed by atoms with Gasteiger partial charge in [-0.2, -0.15) is 0 Å². The van der Waals surface area contributed by atoms with E-state index >= 15 is 0 Å². The Hall–Kier alpha value is -2.50. The number of anilines is 1. The first kappa shape index (κ1) is 15.6. The van der Waals surface area contributed by atoms with Gasteiger partial charge in [-0.25, -0.2) is 9.59 Å². The molecule has 6 nitrogen and oxygen atoms in total.